The summed E-state index contributed by atoms with van der Waals surface area (Å²) in [5, 5.41) is 7.60. The first-order valence-corrected chi connectivity index (χ1v) is 7.19. The van der Waals surface area contributed by atoms with E-state index in [1.54, 1.807) is 16.8 Å². The minimum Gasteiger partial charge on any atom is -0.338 e. The molecule has 0 unspecified atom stereocenters. The Kier molecular flexibility index (Phi) is 3.52. The first kappa shape index (κ1) is 14.4. The Morgan fingerprint density at radius 3 is 2.68 bits per heavy atom. The number of anilines is 2. The van der Waals surface area contributed by atoms with Crippen molar-refractivity contribution >= 4 is 22.5 Å². The van der Waals surface area contributed by atoms with E-state index in [1.807, 2.05) is 27.8 Å². The smallest absolute Gasteiger partial charge is 0.160 e. The molecule has 0 aliphatic rings. The Hall–Kier alpha value is -2.50. The SMILES string of the molecule is Cc1nn(C)c2c(Nc3cccc(F)c3)nc(C(C)C)nc12. The van der Waals surface area contributed by atoms with Crippen LogP contribution in [0.1, 0.15) is 31.3 Å². The predicted octanol–water partition coefficient (Wildman–Crippen LogP) is 3.68. The summed E-state index contributed by atoms with van der Waals surface area (Å²) in [5.41, 5.74) is 3.13. The van der Waals surface area contributed by atoms with Crippen molar-refractivity contribution < 1.29 is 4.39 Å². The van der Waals surface area contributed by atoms with Crippen LogP contribution < -0.4 is 5.32 Å². The highest BCUT2D eigenvalue weighted by Crippen LogP contribution is 2.27. The molecule has 0 spiro atoms. The molecule has 3 aromatic rings. The highest BCUT2D eigenvalue weighted by molar-refractivity contribution is 5.89. The largest absolute Gasteiger partial charge is 0.338 e. The Morgan fingerprint density at radius 2 is 2.00 bits per heavy atom. The van der Waals surface area contributed by atoms with Gasteiger partial charge in [0.1, 0.15) is 22.7 Å². The van der Waals surface area contributed by atoms with Gasteiger partial charge in [-0.3, -0.25) is 4.68 Å². The van der Waals surface area contributed by atoms with Crippen molar-refractivity contribution in [2.75, 3.05) is 5.32 Å². The number of hydrogen-bond donors (Lipinski definition) is 1. The number of nitrogens with one attached hydrogen (secondary N) is 1. The molecule has 1 N–H and O–H groups in total. The van der Waals surface area contributed by atoms with Crippen molar-refractivity contribution in [1.82, 2.24) is 19.7 Å². The van der Waals surface area contributed by atoms with Gasteiger partial charge in [-0.25, -0.2) is 14.4 Å². The quantitative estimate of drug-likeness (QED) is 0.801. The number of rotatable bonds is 3. The highest BCUT2D eigenvalue weighted by Gasteiger charge is 2.16. The topological polar surface area (TPSA) is 55.6 Å². The van der Waals surface area contributed by atoms with Crippen LogP contribution in [0.25, 0.3) is 11.0 Å². The fraction of sp³-hybridized carbons (Fsp3) is 0.312. The molecule has 5 nitrogen and oxygen atoms in total. The van der Waals surface area contributed by atoms with Crippen LogP contribution in [0.5, 0.6) is 0 Å². The molecule has 22 heavy (non-hydrogen) atoms. The van der Waals surface area contributed by atoms with E-state index in [-0.39, 0.29) is 11.7 Å². The van der Waals surface area contributed by atoms with Crippen LogP contribution >= 0.6 is 0 Å². The molecule has 0 aliphatic heterocycles. The monoisotopic (exact) mass is 299 g/mol. The Bertz CT molecular complexity index is 838. The molecule has 114 valence electrons. The lowest BCUT2D eigenvalue weighted by molar-refractivity contribution is 0.628. The Balaban J connectivity index is 2.18. The maximum Gasteiger partial charge on any atom is 0.160 e. The molecular weight excluding hydrogens is 281 g/mol. The van der Waals surface area contributed by atoms with Gasteiger partial charge in [0, 0.05) is 18.7 Å². The number of nitrogens with zero attached hydrogens (tertiary/aromatic N) is 4. The maximum absolute atomic E-state index is 13.4. The van der Waals surface area contributed by atoms with Crippen molar-refractivity contribution in [3.8, 4) is 0 Å². The van der Waals surface area contributed by atoms with Crippen molar-refractivity contribution in [2.45, 2.75) is 26.7 Å². The Morgan fingerprint density at radius 1 is 1.23 bits per heavy atom. The molecule has 0 bridgehead atoms. The molecule has 3 rings (SSSR count). The van der Waals surface area contributed by atoms with E-state index in [2.05, 4.69) is 20.4 Å². The highest BCUT2D eigenvalue weighted by atomic mass is 19.1. The third-order valence-corrected chi connectivity index (χ3v) is 3.47. The molecule has 2 aromatic heterocycles. The van der Waals surface area contributed by atoms with Crippen LogP contribution in [0.3, 0.4) is 0 Å². The van der Waals surface area contributed by atoms with Crippen molar-refractivity contribution in [3.63, 3.8) is 0 Å². The van der Waals surface area contributed by atoms with Gasteiger partial charge in [-0.15, -0.1) is 0 Å². The van der Waals surface area contributed by atoms with Crippen molar-refractivity contribution in [3.05, 3.63) is 41.6 Å². The first-order chi connectivity index (χ1) is 10.5. The number of benzene rings is 1. The molecular formula is C16H18FN5. The predicted molar refractivity (Wildman–Crippen MR) is 84.8 cm³/mol. The van der Waals surface area contributed by atoms with Gasteiger partial charge in [-0.1, -0.05) is 19.9 Å². The van der Waals surface area contributed by atoms with Crippen molar-refractivity contribution in [1.29, 1.82) is 0 Å². The van der Waals surface area contributed by atoms with Crippen LogP contribution in [0.15, 0.2) is 24.3 Å². The summed E-state index contributed by atoms with van der Waals surface area (Å²) in [6.07, 6.45) is 0. The van der Waals surface area contributed by atoms with E-state index in [0.29, 0.717) is 11.5 Å². The lowest BCUT2D eigenvalue weighted by Crippen LogP contribution is -2.05. The molecule has 0 amide bonds. The molecule has 0 radical (unpaired) electrons. The van der Waals surface area contributed by atoms with Crippen molar-refractivity contribution in [2.24, 2.45) is 7.05 Å². The van der Waals surface area contributed by atoms with Gasteiger partial charge in [0.2, 0.25) is 0 Å². The lowest BCUT2D eigenvalue weighted by Gasteiger charge is -2.11. The summed E-state index contributed by atoms with van der Waals surface area (Å²) in [6.45, 7) is 6.00. The fourth-order valence-electron chi connectivity index (χ4n) is 2.40. The number of aryl methyl sites for hydroxylation is 2. The number of aromatic nitrogens is 4. The molecule has 0 fully saturated rings. The van der Waals surface area contributed by atoms with E-state index in [0.717, 1.165) is 22.6 Å². The van der Waals surface area contributed by atoms with Crippen LogP contribution in [-0.2, 0) is 7.05 Å². The second-order valence-electron chi connectivity index (χ2n) is 5.63. The average Bonchev–Trinajstić information content (AvgIpc) is 2.74. The zero-order valence-electron chi connectivity index (χ0n) is 13.1. The minimum atomic E-state index is -0.291. The van der Waals surface area contributed by atoms with Gasteiger partial charge in [0.25, 0.3) is 0 Å². The van der Waals surface area contributed by atoms with E-state index in [4.69, 9.17) is 0 Å². The third kappa shape index (κ3) is 2.52. The third-order valence-electron chi connectivity index (χ3n) is 3.47. The van der Waals surface area contributed by atoms with E-state index in [1.165, 1.54) is 12.1 Å². The number of hydrogen-bond acceptors (Lipinski definition) is 4. The van der Waals surface area contributed by atoms with Gasteiger partial charge in [0.15, 0.2) is 5.82 Å². The van der Waals surface area contributed by atoms with Crippen LogP contribution in [-0.4, -0.2) is 19.7 Å². The summed E-state index contributed by atoms with van der Waals surface area (Å²) < 4.78 is 15.1. The second kappa shape index (κ2) is 5.36. The molecule has 6 heteroatoms. The van der Waals surface area contributed by atoms with Gasteiger partial charge in [0.05, 0.1) is 5.69 Å². The molecule has 2 heterocycles. The summed E-state index contributed by atoms with van der Waals surface area (Å²) in [7, 11) is 1.85. The molecule has 1 aromatic carbocycles. The van der Waals surface area contributed by atoms with Gasteiger partial charge < -0.3 is 5.32 Å². The van der Waals surface area contributed by atoms with Gasteiger partial charge >= 0.3 is 0 Å². The molecule has 0 aliphatic carbocycles. The lowest BCUT2D eigenvalue weighted by atomic mass is 10.2. The zero-order chi connectivity index (χ0) is 15.9. The van der Waals surface area contributed by atoms with E-state index in [9.17, 15) is 4.39 Å². The molecule has 0 saturated heterocycles. The molecule has 0 atom stereocenters. The Labute approximate surface area is 128 Å². The number of halogens is 1. The van der Waals surface area contributed by atoms with Gasteiger partial charge in [-0.05, 0) is 25.1 Å². The summed E-state index contributed by atoms with van der Waals surface area (Å²) in [4.78, 5) is 9.20. The summed E-state index contributed by atoms with van der Waals surface area (Å²) in [6, 6.07) is 6.31. The fourth-order valence-corrected chi connectivity index (χ4v) is 2.40. The first-order valence-electron chi connectivity index (χ1n) is 7.19. The van der Waals surface area contributed by atoms with E-state index >= 15 is 0 Å². The summed E-state index contributed by atoms with van der Waals surface area (Å²) >= 11 is 0. The second-order valence-corrected chi connectivity index (χ2v) is 5.63. The van der Waals surface area contributed by atoms with E-state index < -0.39 is 0 Å². The normalized spacial score (nSPS) is 11.4. The zero-order valence-corrected chi connectivity index (χ0v) is 13.1. The van der Waals surface area contributed by atoms with Crippen LogP contribution in [0.2, 0.25) is 0 Å². The maximum atomic E-state index is 13.4. The molecule has 0 saturated carbocycles. The van der Waals surface area contributed by atoms with Crippen LogP contribution in [0.4, 0.5) is 15.9 Å². The number of fused-ring (bicyclic) bond motifs is 1. The average molecular weight is 299 g/mol. The van der Waals surface area contributed by atoms with Gasteiger partial charge in [-0.2, -0.15) is 5.10 Å². The standard InChI is InChI=1S/C16H18FN5/c1-9(2)15-19-13-10(3)21-22(4)14(13)16(20-15)18-12-7-5-6-11(17)8-12/h5-9H,1-4H3,(H,18,19,20). The summed E-state index contributed by atoms with van der Waals surface area (Å²) in [5.74, 6) is 1.28. The van der Waals surface area contributed by atoms with Crippen LogP contribution in [0, 0.1) is 12.7 Å². The minimum absolute atomic E-state index is 0.192.